The van der Waals surface area contributed by atoms with E-state index in [-0.39, 0.29) is 28.8 Å². The number of benzene rings is 1. The molecule has 10 heteroatoms. The molecule has 1 aliphatic rings. The van der Waals surface area contributed by atoms with Crippen LogP contribution in [0.15, 0.2) is 18.2 Å². The number of carbonyl (C=O) groups is 3. The van der Waals surface area contributed by atoms with Crippen LogP contribution in [0.25, 0.3) is 0 Å². The number of ether oxygens (including phenoxy) is 2. The number of carboxylic acids is 1. The number of thiophene rings is 1. The lowest BCUT2D eigenvalue weighted by atomic mass is 10.1. The topological polar surface area (TPSA) is 126 Å². The molecule has 0 atom stereocenters. The van der Waals surface area contributed by atoms with Crippen molar-refractivity contribution in [2.45, 2.75) is 58.9 Å². The van der Waals surface area contributed by atoms with Gasteiger partial charge in [-0.25, -0.2) is 9.59 Å². The molecule has 3 rings (SSSR count). The fraction of sp³-hybridized carbons (Fsp3) is 0.458. The Kier molecular flexibility index (Phi) is 9.15. The Morgan fingerprint density at radius 1 is 1.03 bits per heavy atom. The number of hydrogen-bond donors (Lipinski definition) is 4. The second-order valence-corrected chi connectivity index (χ2v) is 9.11. The summed E-state index contributed by atoms with van der Waals surface area (Å²) in [5.74, 6) is -0.343. The maximum absolute atomic E-state index is 12.8. The van der Waals surface area contributed by atoms with E-state index in [1.54, 1.807) is 19.1 Å². The predicted molar refractivity (Wildman–Crippen MR) is 130 cm³/mol. The molecule has 184 valence electrons. The normalized spacial score (nSPS) is 11.8. The quantitative estimate of drug-likeness (QED) is 0.314. The highest BCUT2D eigenvalue weighted by atomic mass is 32.1. The number of carboxylic acid groups (broad SMARTS) is 1. The maximum atomic E-state index is 12.8. The summed E-state index contributed by atoms with van der Waals surface area (Å²) in [6, 6.07) is 4.89. The summed E-state index contributed by atoms with van der Waals surface area (Å²) in [6.07, 6.45) is 6.63. The van der Waals surface area contributed by atoms with Gasteiger partial charge in [-0.15, -0.1) is 11.3 Å². The second kappa shape index (κ2) is 12.3. The minimum atomic E-state index is -1.20. The third kappa shape index (κ3) is 6.63. The monoisotopic (exact) mass is 489 g/mol. The highest BCUT2D eigenvalue weighted by molar-refractivity contribution is 7.18. The van der Waals surface area contributed by atoms with Gasteiger partial charge in [0.15, 0.2) is 11.5 Å². The van der Waals surface area contributed by atoms with Gasteiger partial charge in [0.05, 0.1) is 10.4 Å². The molecule has 34 heavy (non-hydrogen) atoms. The van der Waals surface area contributed by atoms with Gasteiger partial charge < -0.3 is 25.2 Å². The number of hydrogen-bond acceptors (Lipinski definition) is 6. The minimum absolute atomic E-state index is 0.0760. The van der Waals surface area contributed by atoms with Crippen molar-refractivity contribution in [3.05, 3.63) is 39.8 Å². The van der Waals surface area contributed by atoms with Gasteiger partial charge in [0.25, 0.3) is 5.91 Å². The fourth-order valence-electron chi connectivity index (χ4n) is 3.64. The van der Waals surface area contributed by atoms with Crippen molar-refractivity contribution in [3.8, 4) is 11.5 Å². The Morgan fingerprint density at radius 2 is 1.76 bits per heavy atom. The van der Waals surface area contributed by atoms with E-state index in [0.717, 1.165) is 36.2 Å². The van der Waals surface area contributed by atoms with E-state index in [1.165, 1.54) is 19.3 Å². The molecule has 9 nitrogen and oxygen atoms in total. The first kappa shape index (κ1) is 25.4. The van der Waals surface area contributed by atoms with Crippen molar-refractivity contribution in [1.29, 1.82) is 0 Å². The summed E-state index contributed by atoms with van der Waals surface area (Å²) in [7, 11) is 0. The number of amides is 3. The first-order chi connectivity index (χ1) is 16.4. The Bertz CT molecular complexity index is 1040. The van der Waals surface area contributed by atoms with E-state index >= 15 is 0 Å². The first-order valence-electron chi connectivity index (χ1n) is 11.5. The molecular weight excluding hydrogens is 458 g/mol. The second-order valence-electron chi connectivity index (χ2n) is 8.08. The van der Waals surface area contributed by atoms with Gasteiger partial charge in [-0.2, -0.15) is 0 Å². The highest BCUT2D eigenvalue weighted by Gasteiger charge is 2.25. The van der Waals surface area contributed by atoms with Crippen molar-refractivity contribution in [2.24, 2.45) is 0 Å². The third-order valence-corrected chi connectivity index (χ3v) is 6.71. The Morgan fingerprint density at radius 3 is 2.53 bits per heavy atom. The maximum Gasteiger partial charge on any atom is 0.339 e. The Balaban J connectivity index is 1.57. The van der Waals surface area contributed by atoms with E-state index in [2.05, 4.69) is 22.9 Å². The van der Waals surface area contributed by atoms with Crippen molar-refractivity contribution in [2.75, 3.05) is 18.7 Å². The van der Waals surface area contributed by atoms with Crippen molar-refractivity contribution in [3.63, 3.8) is 0 Å². The van der Waals surface area contributed by atoms with E-state index < -0.39 is 17.9 Å². The number of anilines is 1. The predicted octanol–water partition coefficient (Wildman–Crippen LogP) is 4.90. The molecule has 0 fully saturated rings. The lowest BCUT2D eigenvalue weighted by molar-refractivity contribution is 0.0697. The van der Waals surface area contributed by atoms with Crippen LogP contribution >= 0.6 is 11.3 Å². The molecule has 0 radical (unpaired) electrons. The largest absolute Gasteiger partial charge is 0.478 e. The number of carbonyl (C=O) groups excluding carboxylic acids is 2. The molecule has 0 saturated heterocycles. The lowest BCUT2D eigenvalue weighted by Gasteiger charge is -2.07. The van der Waals surface area contributed by atoms with Crippen LogP contribution in [0.1, 0.15) is 76.6 Å². The van der Waals surface area contributed by atoms with Crippen LogP contribution in [-0.2, 0) is 6.54 Å². The summed E-state index contributed by atoms with van der Waals surface area (Å²) in [4.78, 5) is 37.1. The minimum Gasteiger partial charge on any atom is -0.478 e. The highest BCUT2D eigenvalue weighted by Crippen LogP contribution is 2.34. The average molecular weight is 490 g/mol. The molecule has 0 unspecified atom stereocenters. The summed E-state index contributed by atoms with van der Waals surface area (Å²) < 4.78 is 10.6. The van der Waals surface area contributed by atoms with Crippen LogP contribution in [0, 0.1) is 6.92 Å². The molecule has 0 bridgehead atoms. The van der Waals surface area contributed by atoms with Crippen LogP contribution in [-0.4, -0.2) is 36.4 Å². The molecule has 0 spiro atoms. The standard InChI is InChI=1S/C24H31N3O6S/c1-3-4-5-6-7-8-11-25-24(31)27-22-19(23(29)30)15(2)20(34-22)21(28)26-13-16-9-10-17-18(12-16)33-14-32-17/h9-10,12H,3-8,11,13-14H2,1-2H3,(H,26,28)(H,29,30)(H2,25,27,31). The van der Waals surface area contributed by atoms with Gasteiger partial charge in [-0.05, 0) is 36.6 Å². The zero-order chi connectivity index (χ0) is 24.5. The van der Waals surface area contributed by atoms with Gasteiger partial charge >= 0.3 is 12.0 Å². The molecule has 2 heterocycles. The zero-order valence-corrected chi connectivity index (χ0v) is 20.3. The molecular formula is C24H31N3O6S. The molecule has 0 aliphatic carbocycles. The summed E-state index contributed by atoms with van der Waals surface area (Å²) in [5, 5.41) is 17.9. The van der Waals surface area contributed by atoms with Crippen molar-refractivity contribution < 1.29 is 29.0 Å². The summed E-state index contributed by atoms with van der Waals surface area (Å²) in [5.41, 5.74) is 1.05. The summed E-state index contributed by atoms with van der Waals surface area (Å²) >= 11 is 0.949. The molecule has 1 aromatic heterocycles. The van der Waals surface area contributed by atoms with Crippen molar-refractivity contribution in [1.82, 2.24) is 10.6 Å². The number of fused-ring (bicyclic) bond motifs is 1. The van der Waals surface area contributed by atoms with Gasteiger partial charge in [-0.1, -0.05) is 45.1 Å². The van der Waals surface area contributed by atoms with Gasteiger partial charge in [-0.3, -0.25) is 10.1 Å². The molecule has 1 aliphatic heterocycles. The number of nitrogens with one attached hydrogen (secondary N) is 3. The summed E-state index contributed by atoms with van der Waals surface area (Å²) in [6.45, 7) is 4.64. The number of rotatable bonds is 12. The Labute approximate surface area is 202 Å². The molecule has 3 amide bonds. The SMILES string of the molecule is CCCCCCCCNC(=O)Nc1sc(C(=O)NCc2ccc3c(c2)OCO3)c(C)c1C(=O)O. The van der Waals surface area contributed by atoms with Crippen LogP contribution in [0.2, 0.25) is 0 Å². The van der Waals surface area contributed by atoms with Crippen LogP contribution in [0.5, 0.6) is 11.5 Å². The smallest absolute Gasteiger partial charge is 0.339 e. The third-order valence-electron chi connectivity index (χ3n) is 5.50. The van der Waals surface area contributed by atoms with Crippen LogP contribution < -0.4 is 25.4 Å². The number of unbranched alkanes of at least 4 members (excludes halogenated alkanes) is 5. The molecule has 1 aromatic carbocycles. The molecule has 0 saturated carbocycles. The zero-order valence-electron chi connectivity index (χ0n) is 19.5. The Hall–Kier alpha value is -3.27. The van der Waals surface area contributed by atoms with Gasteiger partial charge in [0, 0.05) is 13.1 Å². The van der Waals surface area contributed by atoms with E-state index in [1.807, 2.05) is 6.07 Å². The average Bonchev–Trinajstić information content (AvgIpc) is 3.40. The van der Waals surface area contributed by atoms with Crippen LogP contribution in [0.4, 0.5) is 9.80 Å². The van der Waals surface area contributed by atoms with E-state index in [9.17, 15) is 19.5 Å². The first-order valence-corrected chi connectivity index (χ1v) is 12.3. The van der Waals surface area contributed by atoms with Gasteiger partial charge in [0.2, 0.25) is 6.79 Å². The molecule has 2 aromatic rings. The molecule has 4 N–H and O–H groups in total. The number of urea groups is 1. The van der Waals surface area contributed by atoms with E-state index in [0.29, 0.717) is 23.6 Å². The fourth-order valence-corrected chi connectivity index (χ4v) is 4.75. The van der Waals surface area contributed by atoms with Gasteiger partial charge in [0.1, 0.15) is 5.00 Å². The van der Waals surface area contributed by atoms with Crippen LogP contribution in [0.3, 0.4) is 0 Å². The van der Waals surface area contributed by atoms with E-state index in [4.69, 9.17) is 9.47 Å². The lowest BCUT2D eigenvalue weighted by Crippen LogP contribution is -2.29. The van der Waals surface area contributed by atoms with Crippen molar-refractivity contribution >= 4 is 34.2 Å². The number of aromatic carboxylic acids is 1.